The Balaban J connectivity index is 1.51. The highest BCUT2D eigenvalue weighted by atomic mass is 35.5. The topological polar surface area (TPSA) is 46.3 Å². The fourth-order valence-electron chi connectivity index (χ4n) is 5.55. The molecule has 4 aromatic rings. The number of hydrogen-bond acceptors (Lipinski definition) is 4. The van der Waals surface area contributed by atoms with Crippen molar-refractivity contribution in [3.63, 3.8) is 0 Å². The number of aryl methyl sites for hydroxylation is 1. The summed E-state index contributed by atoms with van der Waals surface area (Å²) in [6.07, 6.45) is 3.92. The molecule has 182 valence electrons. The molecule has 1 aliphatic heterocycles. The van der Waals surface area contributed by atoms with E-state index in [-0.39, 0.29) is 0 Å². The van der Waals surface area contributed by atoms with Gasteiger partial charge in [-0.1, -0.05) is 68.8 Å². The monoisotopic (exact) mass is 487 g/mol. The minimum Gasteiger partial charge on any atom is -0.295 e. The van der Waals surface area contributed by atoms with E-state index in [4.69, 9.17) is 11.6 Å². The van der Waals surface area contributed by atoms with Crippen LogP contribution in [0.1, 0.15) is 62.5 Å². The largest absolute Gasteiger partial charge is 0.295 e. The summed E-state index contributed by atoms with van der Waals surface area (Å²) in [4.78, 5) is 11.6. The summed E-state index contributed by atoms with van der Waals surface area (Å²) >= 11 is 6.56. The van der Waals surface area contributed by atoms with Gasteiger partial charge in [0.2, 0.25) is 0 Å². The summed E-state index contributed by atoms with van der Waals surface area (Å²) in [6.45, 7) is 11.2. The lowest BCUT2D eigenvalue weighted by Crippen LogP contribution is -2.41. The number of nitrogens with zero attached hydrogens (tertiary/aromatic N) is 5. The average molecular weight is 488 g/mol. The van der Waals surface area contributed by atoms with Gasteiger partial charge in [-0.05, 0) is 67.5 Å². The third-order valence-corrected chi connectivity index (χ3v) is 7.96. The minimum absolute atomic E-state index is 0.328. The summed E-state index contributed by atoms with van der Waals surface area (Å²) in [6, 6.07) is 19.6. The zero-order valence-corrected chi connectivity index (χ0v) is 21.8. The second-order valence-electron chi connectivity index (χ2n) is 10.3. The highest BCUT2D eigenvalue weighted by Gasteiger charge is 2.33. The lowest BCUT2D eigenvalue weighted by Gasteiger charge is -2.42. The zero-order chi connectivity index (χ0) is 24.5. The van der Waals surface area contributed by atoms with Crippen LogP contribution >= 0.6 is 11.6 Å². The molecule has 1 saturated heterocycles. The molecule has 3 heterocycles. The molecule has 2 aromatic heterocycles. The van der Waals surface area contributed by atoms with E-state index in [0.717, 1.165) is 42.2 Å². The van der Waals surface area contributed by atoms with Gasteiger partial charge in [-0.15, -0.1) is 0 Å². The van der Waals surface area contributed by atoms with Crippen LogP contribution in [0.5, 0.6) is 0 Å². The molecule has 2 aromatic carbocycles. The summed E-state index contributed by atoms with van der Waals surface area (Å²) in [5.41, 5.74) is 5.84. The van der Waals surface area contributed by atoms with E-state index in [1.807, 2.05) is 23.6 Å². The summed E-state index contributed by atoms with van der Waals surface area (Å²) in [7, 11) is 0. The van der Waals surface area contributed by atoms with Crippen molar-refractivity contribution < 1.29 is 0 Å². The number of halogens is 1. The van der Waals surface area contributed by atoms with Gasteiger partial charge in [0.15, 0.2) is 0 Å². The predicted octanol–water partition coefficient (Wildman–Crippen LogP) is 6.97. The smallest absolute Gasteiger partial charge is 0.252 e. The number of likely N-dealkylation sites (tertiary alicyclic amines) is 1. The molecular formula is C29H34ClN5. The Morgan fingerprint density at radius 2 is 1.86 bits per heavy atom. The maximum absolute atomic E-state index is 6.56. The number of rotatable bonds is 6. The van der Waals surface area contributed by atoms with Gasteiger partial charge in [-0.25, -0.2) is 9.50 Å². The normalized spacial score (nSPS) is 18.7. The fourth-order valence-corrected chi connectivity index (χ4v) is 5.79. The quantitative estimate of drug-likeness (QED) is 0.294. The van der Waals surface area contributed by atoms with Crippen LogP contribution in [-0.2, 0) is 0 Å². The molecule has 0 spiro atoms. The molecule has 0 bridgehead atoms. The second-order valence-corrected chi connectivity index (χ2v) is 10.7. The third kappa shape index (κ3) is 4.85. The van der Waals surface area contributed by atoms with E-state index in [9.17, 15) is 0 Å². The first-order chi connectivity index (χ1) is 16.9. The van der Waals surface area contributed by atoms with Crippen LogP contribution in [0.4, 0.5) is 0 Å². The fraction of sp³-hybridized carbons (Fsp3) is 0.414. The van der Waals surface area contributed by atoms with Crippen LogP contribution in [-0.4, -0.2) is 37.6 Å². The standard InChI is InChI=1S/C29H34ClN5/c1-19(2)21(4)28(23-10-7-9-22(16-23)25-12-5-6-13-26(25)30)34-14-8-11-24(17-34)27-15-20(3)33-29-31-18-32-35(27)29/h5-7,9-10,12-13,15-16,18-19,21,24,28H,8,11,14,17H2,1-4H3. The maximum Gasteiger partial charge on any atom is 0.252 e. The Hall–Kier alpha value is -2.76. The molecule has 35 heavy (non-hydrogen) atoms. The molecule has 0 saturated carbocycles. The van der Waals surface area contributed by atoms with Gasteiger partial charge in [-0.2, -0.15) is 10.1 Å². The van der Waals surface area contributed by atoms with Crippen molar-refractivity contribution in [2.75, 3.05) is 13.1 Å². The molecule has 0 aliphatic carbocycles. The van der Waals surface area contributed by atoms with Crippen molar-refractivity contribution in [3.05, 3.63) is 82.9 Å². The van der Waals surface area contributed by atoms with Crippen LogP contribution in [0.3, 0.4) is 0 Å². The Morgan fingerprint density at radius 1 is 1.03 bits per heavy atom. The van der Waals surface area contributed by atoms with Gasteiger partial charge in [0.05, 0.1) is 5.69 Å². The van der Waals surface area contributed by atoms with Crippen molar-refractivity contribution in [2.24, 2.45) is 11.8 Å². The number of aromatic nitrogens is 4. The highest BCUT2D eigenvalue weighted by molar-refractivity contribution is 6.33. The van der Waals surface area contributed by atoms with Crippen LogP contribution in [0.15, 0.2) is 60.9 Å². The molecule has 0 radical (unpaired) electrons. The molecule has 1 fully saturated rings. The van der Waals surface area contributed by atoms with Crippen LogP contribution in [0.2, 0.25) is 5.02 Å². The van der Waals surface area contributed by atoms with Crippen molar-refractivity contribution in [1.82, 2.24) is 24.5 Å². The third-order valence-electron chi connectivity index (χ3n) is 7.63. The van der Waals surface area contributed by atoms with Gasteiger partial charge in [-0.3, -0.25) is 4.90 Å². The van der Waals surface area contributed by atoms with E-state index in [0.29, 0.717) is 29.6 Å². The molecule has 3 atom stereocenters. The molecule has 5 nitrogen and oxygen atoms in total. The first kappa shape index (κ1) is 24.0. The average Bonchev–Trinajstić information content (AvgIpc) is 3.33. The van der Waals surface area contributed by atoms with Crippen molar-refractivity contribution >= 4 is 17.4 Å². The Bertz CT molecular complexity index is 1310. The van der Waals surface area contributed by atoms with E-state index in [2.05, 4.69) is 83.2 Å². The summed E-state index contributed by atoms with van der Waals surface area (Å²) < 4.78 is 1.93. The molecular weight excluding hydrogens is 454 g/mol. The molecule has 3 unspecified atom stereocenters. The van der Waals surface area contributed by atoms with E-state index in [1.54, 1.807) is 6.33 Å². The molecule has 1 aliphatic rings. The van der Waals surface area contributed by atoms with Crippen LogP contribution < -0.4 is 0 Å². The van der Waals surface area contributed by atoms with Gasteiger partial charge >= 0.3 is 0 Å². The Labute approximate surface area is 213 Å². The second kappa shape index (κ2) is 10.1. The van der Waals surface area contributed by atoms with Gasteiger partial charge in [0.25, 0.3) is 5.78 Å². The van der Waals surface area contributed by atoms with E-state index < -0.39 is 0 Å². The van der Waals surface area contributed by atoms with Gasteiger partial charge in [0, 0.05) is 34.8 Å². The molecule has 6 heteroatoms. The van der Waals surface area contributed by atoms with Crippen molar-refractivity contribution in [2.45, 2.75) is 52.5 Å². The lowest BCUT2D eigenvalue weighted by molar-refractivity contribution is 0.0913. The molecule has 0 amide bonds. The minimum atomic E-state index is 0.328. The van der Waals surface area contributed by atoms with Crippen LogP contribution in [0.25, 0.3) is 16.9 Å². The predicted molar refractivity (Wildman–Crippen MR) is 143 cm³/mol. The highest BCUT2D eigenvalue weighted by Crippen LogP contribution is 2.40. The first-order valence-electron chi connectivity index (χ1n) is 12.7. The molecule has 0 N–H and O–H groups in total. The van der Waals surface area contributed by atoms with Crippen LogP contribution in [0, 0.1) is 18.8 Å². The van der Waals surface area contributed by atoms with Crippen molar-refractivity contribution in [3.8, 4) is 11.1 Å². The number of hydrogen-bond donors (Lipinski definition) is 0. The molecule has 5 rings (SSSR count). The Morgan fingerprint density at radius 3 is 2.66 bits per heavy atom. The zero-order valence-electron chi connectivity index (χ0n) is 21.0. The SMILES string of the molecule is Cc1cc(C2CCCN(C(c3cccc(-c4ccccc4Cl)c3)C(C)C(C)C)C2)n2ncnc2n1. The Kier molecular flexibility index (Phi) is 6.90. The summed E-state index contributed by atoms with van der Waals surface area (Å²) in [5.74, 6) is 2.15. The number of fused-ring (bicyclic) bond motifs is 1. The van der Waals surface area contributed by atoms with E-state index in [1.165, 1.54) is 16.8 Å². The van der Waals surface area contributed by atoms with Crippen molar-refractivity contribution in [1.29, 1.82) is 0 Å². The van der Waals surface area contributed by atoms with Gasteiger partial charge in [0.1, 0.15) is 6.33 Å². The van der Waals surface area contributed by atoms with E-state index >= 15 is 0 Å². The summed E-state index contributed by atoms with van der Waals surface area (Å²) in [5, 5.41) is 5.28. The number of piperidine rings is 1. The van der Waals surface area contributed by atoms with Gasteiger partial charge < -0.3 is 0 Å². The maximum atomic E-state index is 6.56. The lowest BCUT2D eigenvalue weighted by atomic mass is 9.82. The first-order valence-corrected chi connectivity index (χ1v) is 13.1. The number of benzene rings is 2.